The minimum atomic E-state index is -0.921. The van der Waals surface area contributed by atoms with Crippen LogP contribution in [0.25, 0.3) is 6.08 Å². The maximum absolute atomic E-state index is 11.5. The van der Waals surface area contributed by atoms with Gasteiger partial charge in [-0.2, -0.15) is 0 Å². The molecule has 0 aliphatic heterocycles. The lowest BCUT2D eigenvalue weighted by molar-refractivity contribution is -0.157. The highest BCUT2D eigenvalue weighted by molar-refractivity contribution is 5.70. The molecule has 116 valence electrons. The van der Waals surface area contributed by atoms with Gasteiger partial charge in [-0.3, -0.25) is 4.79 Å². The van der Waals surface area contributed by atoms with Crippen LogP contribution in [0.4, 0.5) is 0 Å². The molecule has 0 fully saturated rings. The van der Waals surface area contributed by atoms with Crippen LogP contribution in [-0.2, 0) is 9.53 Å². The molecule has 2 N–H and O–H groups in total. The van der Waals surface area contributed by atoms with Crippen molar-refractivity contribution in [3.05, 3.63) is 42.0 Å². The van der Waals surface area contributed by atoms with Crippen LogP contribution in [0, 0.1) is 0 Å². The highest BCUT2D eigenvalue weighted by Gasteiger charge is 2.20. The fourth-order valence-electron chi connectivity index (χ4n) is 1.80. The van der Waals surface area contributed by atoms with E-state index in [1.807, 2.05) is 30.3 Å². The zero-order chi connectivity index (χ0) is 15.9. The van der Waals surface area contributed by atoms with Crippen molar-refractivity contribution in [2.75, 3.05) is 0 Å². The fraction of sp³-hybridized carbons (Fsp3) is 0.471. The average molecular weight is 292 g/mol. The number of esters is 1. The Hall–Kier alpha value is -1.65. The highest BCUT2D eigenvalue weighted by Crippen LogP contribution is 2.12. The van der Waals surface area contributed by atoms with Gasteiger partial charge in [0.05, 0.1) is 18.6 Å². The number of aliphatic hydroxyl groups is 2. The molecular weight excluding hydrogens is 268 g/mol. The molecule has 4 nitrogen and oxygen atoms in total. The second-order valence-electron chi connectivity index (χ2n) is 6.02. The number of hydrogen-bond acceptors (Lipinski definition) is 4. The van der Waals surface area contributed by atoms with Gasteiger partial charge in [0.25, 0.3) is 0 Å². The summed E-state index contributed by atoms with van der Waals surface area (Å²) < 4.78 is 5.12. The predicted octanol–water partition coefficient (Wildman–Crippen LogP) is 2.54. The van der Waals surface area contributed by atoms with Crippen LogP contribution in [0.3, 0.4) is 0 Å². The number of carbonyl (C=O) groups is 1. The Bertz CT molecular complexity index is 459. The Labute approximate surface area is 126 Å². The van der Waals surface area contributed by atoms with E-state index in [2.05, 4.69) is 0 Å². The quantitative estimate of drug-likeness (QED) is 0.791. The summed E-state index contributed by atoms with van der Waals surface area (Å²) in [5.74, 6) is -0.464. The van der Waals surface area contributed by atoms with Crippen LogP contribution in [0.2, 0.25) is 0 Å². The van der Waals surface area contributed by atoms with Crippen molar-refractivity contribution in [3.63, 3.8) is 0 Å². The molecule has 0 amide bonds. The van der Waals surface area contributed by atoms with Crippen LogP contribution in [0.15, 0.2) is 36.4 Å². The van der Waals surface area contributed by atoms with Crippen LogP contribution < -0.4 is 0 Å². The first-order valence-electron chi connectivity index (χ1n) is 7.07. The van der Waals surface area contributed by atoms with Gasteiger partial charge in [-0.05, 0) is 26.3 Å². The Morgan fingerprint density at radius 3 is 2.43 bits per heavy atom. The molecule has 1 rings (SSSR count). The SMILES string of the molecule is CC(C)(C)OC(=O)C[C@H](O)C[C@H](O)/C=C/c1ccccc1. The van der Waals surface area contributed by atoms with Crippen molar-refractivity contribution in [2.24, 2.45) is 0 Å². The predicted molar refractivity (Wildman–Crippen MR) is 82.6 cm³/mol. The Balaban J connectivity index is 2.38. The second-order valence-corrected chi connectivity index (χ2v) is 6.02. The van der Waals surface area contributed by atoms with Gasteiger partial charge in [-0.15, -0.1) is 0 Å². The molecule has 2 atom stereocenters. The molecule has 0 aliphatic carbocycles. The van der Waals surface area contributed by atoms with E-state index >= 15 is 0 Å². The van der Waals surface area contributed by atoms with Crippen molar-refractivity contribution in [1.82, 2.24) is 0 Å². The lowest BCUT2D eigenvalue weighted by Gasteiger charge is -2.21. The second kappa shape index (κ2) is 7.96. The summed E-state index contributed by atoms with van der Waals surface area (Å²) in [5.41, 5.74) is 0.404. The summed E-state index contributed by atoms with van der Waals surface area (Å²) >= 11 is 0. The van der Waals surface area contributed by atoms with Crippen molar-refractivity contribution in [2.45, 2.75) is 51.4 Å². The number of rotatable bonds is 6. The monoisotopic (exact) mass is 292 g/mol. The number of carbonyl (C=O) groups excluding carboxylic acids is 1. The molecule has 0 heterocycles. The van der Waals surface area contributed by atoms with Gasteiger partial charge in [0, 0.05) is 6.42 Å². The molecule has 4 heteroatoms. The Kier molecular flexibility index (Phi) is 6.59. The van der Waals surface area contributed by atoms with Crippen molar-refractivity contribution in [1.29, 1.82) is 0 Å². The number of aliphatic hydroxyl groups excluding tert-OH is 2. The molecule has 0 bridgehead atoms. The van der Waals surface area contributed by atoms with E-state index in [9.17, 15) is 15.0 Å². The third-order valence-corrected chi connectivity index (χ3v) is 2.65. The molecule has 0 spiro atoms. The Morgan fingerprint density at radius 2 is 1.86 bits per heavy atom. The Morgan fingerprint density at radius 1 is 1.24 bits per heavy atom. The summed E-state index contributed by atoms with van der Waals surface area (Å²) in [6, 6.07) is 9.56. The lowest BCUT2D eigenvalue weighted by atomic mass is 10.1. The molecule has 0 radical (unpaired) electrons. The van der Waals surface area contributed by atoms with Gasteiger partial charge in [0.15, 0.2) is 0 Å². The van der Waals surface area contributed by atoms with E-state index in [-0.39, 0.29) is 12.8 Å². The van der Waals surface area contributed by atoms with Crippen molar-refractivity contribution in [3.8, 4) is 0 Å². The van der Waals surface area contributed by atoms with E-state index in [4.69, 9.17) is 4.74 Å². The first-order valence-corrected chi connectivity index (χ1v) is 7.07. The summed E-state index contributed by atoms with van der Waals surface area (Å²) in [7, 11) is 0. The summed E-state index contributed by atoms with van der Waals surface area (Å²) in [6.07, 6.45) is 1.65. The zero-order valence-corrected chi connectivity index (χ0v) is 12.8. The number of ether oxygens (including phenoxy) is 1. The van der Waals surface area contributed by atoms with Crippen LogP contribution in [0.5, 0.6) is 0 Å². The van der Waals surface area contributed by atoms with Gasteiger partial charge in [-0.1, -0.05) is 42.5 Å². The van der Waals surface area contributed by atoms with E-state index < -0.39 is 23.8 Å². The first-order chi connectivity index (χ1) is 9.76. The van der Waals surface area contributed by atoms with Gasteiger partial charge >= 0.3 is 5.97 Å². The van der Waals surface area contributed by atoms with Gasteiger partial charge in [-0.25, -0.2) is 0 Å². The maximum atomic E-state index is 11.5. The first kappa shape index (κ1) is 17.4. The number of hydrogen-bond donors (Lipinski definition) is 2. The molecule has 1 aromatic carbocycles. The summed E-state index contributed by atoms with van der Waals surface area (Å²) in [5, 5.41) is 19.6. The van der Waals surface area contributed by atoms with Gasteiger partial charge in [0.2, 0.25) is 0 Å². The van der Waals surface area contributed by atoms with E-state index in [1.54, 1.807) is 32.9 Å². The zero-order valence-electron chi connectivity index (χ0n) is 12.8. The van der Waals surface area contributed by atoms with Crippen molar-refractivity contribution >= 4 is 12.0 Å². The van der Waals surface area contributed by atoms with Crippen molar-refractivity contribution < 1.29 is 19.7 Å². The third kappa shape index (κ3) is 8.27. The summed E-state index contributed by atoms with van der Waals surface area (Å²) in [4.78, 5) is 11.5. The van der Waals surface area contributed by atoms with Gasteiger partial charge < -0.3 is 14.9 Å². The summed E-state index contributed by atoms with van der Waals surface area (Å²) in [6.45, 7) is 5.32. The molecule has 0 saturated heterocycles. The molecule has 0 aromatic heterocycles. The molecular formula is C17H24O4. The van der Waals surface area contributed by atoms with Gasteiger partial charge in [0.1, 0.15) is 5.60 Å². The average Bonchev–Trinajstić information content (AvgIpc) is 2.35. The topological polar surface area (TPSA) is 66.8 Å². The molecule has 1 aromatic rings. The standard InChI is InChI=1S/C17H24O4/c1-17(2,3)21-16(20)12-15(19)11-14(18)10-9-13-7-5-4-6-8-13/h4-10,14-15,18-19H,11-12H2,1-3H3/b10-9+/t14-,15-/m1/s1. The molecule has 0 saturated carbocycles. The lowest BCUT2D eigenvalue weighted by Crippen LogP contribution is -2.27. The third-order valence-electron chi connectivity index (χ3n) is 2.65. The molecule has 0 unspecified atom stereocenters. The van der Waals surface area contributed by atoms with E-state index in [0.29, 0.717) is 0 Å². The van der Waals surface area contributed by atoms with E-state index in [0.717, 1.165) is 5.56 Å². The molecule has 21 heavy (non-hydrogen) atoms. The minimum Gasteiger partial charge on any atom is -0.460 e. The molecule has 0 aliphatic rings. The maximum Gasteiger partial charge on any atom is 0.308 e. The normalized spacial score (nSPS) is 14.9. The minimum absolute atomic E-state index is 0.0998. The number of benzene rings is 1. The van der Waals surface area contributed by atoms with Crippen LogP contribution in [-0.4, -0.2) is 34.0 Å². The van der Waals surface area contributed by atoms with Crippen LogP contribution in [0.1, 0.15) is 39.2 Å². The van der Waals surface area contributed by atoms with E-state index in [1.165, 1.54) is 0 Å². The fourth-order valence-corrected chi connectivity index (χ4v) is 1.80. The highest BCUT2D eigenvalue weighted by atomic mass is 16.6. The smallest absolute Gasteiger partial charge is 0.308 e. The largest absolute Gasteiger partial charge is 0.460 e. The van der Waals surface area contributed by atoms with Crippen LogP contribution >= 0.6 is 0 Å².